The summed E-state index contributed by atoms with van der Waals surface area (Å²) in [5.41, 5.74) is 0. The second-order valence-corrected chi connectivity index (χ2v) is 5.69. The molecule has 0 aromatic heterocycles. The first kappa shape index (κ1) is 16.3. The molecule has 0 bridgehead atoms. The smallest absolute Gasteiger partial charge is 0.263 e. The van der Waals surface area contributed by atoms with Crippen LogP contribution in [-0.2, 0) is 4.79 Å². The normalized spacial score (nSPS) is 13.8. The van der Waals surface area contributed by atoms with E-state index in [-0.39, 0.29) is 12.5 Å². The lowest BCUT2D eigenvalue weighted by Crippen LogP contribution is -2.41. The van der Waals surface area contributed by atoms with Crippen molar-refractivity contribution in [2.24, 2.45) is 0 Å². The largest absolute Gasteiger partial charge is 0.480 e. The Labute approximate surface area is 126 Å². The van der Waals surface area contributed by atoms with Crippen LogP contribution in [0.2, 0.25) is 5.02 Å². The van der Waals surface area contributed by atoms with Gasteiger partial charge in [-0.1, -0.05) is 11.6 Å². The van der Waals surface area contributed by atoms with Crippen molar-refractivity contribution in [1.29, 1.82) is 0 Å². The number of amides is 1. The van der Waals surface area contributed by atoms with Crippen LogP contribution in [0.1, 0.15) is 13.8 Å². The van der Waals surface area contributed by atoms with Crippen molar-refractivity contribution in [3.05, 3.63) is 27.7 Å². The summed E-state index contributed by atoms with van der Waals surface area (Å²) >= 11 is 9.16. The van der Waals surface area contributed by atoms with Crippen molar-refractivity contribution in [3.8, 4) is 5.75 Å². The third-order valence-corrected chi connectivity index (χ3v) is 3.31. The lowest BCUT2D eigenvalue weighted by Gasteiger charge is -2.23. The highest BCUT2D eigenvalue weighted by Gasteiger charge is 2.20. The van der Waals surface area contributed by atoms with Gasteiger partial charge in [-0.25, -0.2) is 0 Å². The summed E-state index contributed by atoms with van der Waals surface area (Å²) in [6.45, 7) is 3.57. The Kier molecular flexibility index (Phi) is 6.10. The van der Waals surface area contributed by atoms with Crippen molar-refractivity contribution in [3.63, 3.8) is 0 Å². The molecule has 2 atom stereocenters. The quantitative estimate of drug-likeness (QED) is 0.888. The Balaban J connectivity index is 2.68. The van der Waals surface area contributed by atoms with Gasteiger partial charge in [0.1, 0.15) is 5.75 Å². The van der Waals surface area contributed by atoms with Crippen molar-refractivity contribution in [2.45, 2.75) is 26.1 Å². The molecule has 1 N–H and O–H groups in total. The van der Waals surface area contributed by atoms with E-state index in [0.717, 1.165) is 0 Å². The highest BCUT2D eigenvalue weighted by atomic mass is 79.9. The van der Waals surface area contributed by atoms with Crippen molar-refractivity contribution < 1.29 is 14.6 Å². The molecule has 1 rings (SSSR count). The molecule has 2 unspecified atom stereocenters. The van der Waals surface area contributed by atoms with E-state index < -0.39 is 12.2 Å². The van der Waals surface area contributed by atoms with Gasteiger partial charge in [-0.3, -0.25) is 4.79 Å². The maximum absolute atomic E-state index is 12.0. The Bertz CT molecular complexity index is 454. The molecule has 0 saturated carbocycles. The predicted molar refractivity (Wildman–Crippen MR) is 78.6 cm³/mol. The molecule has 1 aromatic rings. The number of benzene rings is 1. The van der Waals surface area contributed by atoms with Gasteiger partial charge < -0.3 is 14.7 Å². The van der Waals surface area contributed by atoms with Crippen LogP contribution in [0, 0.1) is 0 Å². The number of nitrogens with zero attached hydrogens (tertiary/aromatic N) is 1. The molecule has 0 saturated heterocycles. The van der Waals surface area contributed by atoms with Gasteiger partial charge in [0, 0.05) is 18.6 Å². The van der Waals surface area contributed by atoms with Gasteiger partial charge in [0.25, 0.3) is 5.91 Å². The molecular formula is C13H17BrClNO3. The zero-order chi connectivity index (χ0) is 14.6. The fourth-order valence-electron chi connectivity index (χ4n) is 1.61. The summed E-state index contributed by atoms with van der Waals surface area (Å²) in [6, 6.07) is 5.09. The van der Waals surface area contributed by atoms with Crippen molar-refractivity contribution in [2.75, 3.05) is 13.6 Å². The second-order valence-electron chi connectivity index (χ2n) is 4.40. The fraction of sp³-hybridized carbons (Fsp3) is 0.462. The number of carbonyl (C=O) groups is 1. The number of hydrogen-bond donors (Lipinski definition) is 1. The molecule has 6 heteroatoms. The third-order valence-electron chi connectivity index (χ3n) is 2.46. The minimum atomic E-state index is -0.638. The molecule has 0 aliphatic heterocycles. The molecule has 106 valence electrons. The molecule has 0 fully saturated rings. The predicted octanol–water partition coefficient (Wildman–Crippen LogP) is 2.71. The van der Waals surface area contributed by atoms with Gasteiger partial charge >= 0.3 is 0 Å². The highest BCUT2D eigenvalue weighted by Crippen LogP contribution is 2.28. The van der Waals surface area contributed by atoms with Crippen LogP contribution in [0.25, 0.3) is 0 Å². The zero-order valence-electron chi connectivity index (χ0n) is 11.1. The number of aliphatic hydroxyl groups excluding tert-OH is 1. The molecular weight excluding hydrogens is 334 g/mol. The van der Waals surface area contributed by atoms with Crippen molar-refractivity contribution >= 4 is 33.4 Å². The molecule has 0 radical (unpaired) electrons. The number of halogens is 2. The van der Waals surface area contributed by atoms with Crippen LogP contribution >= 0.6 is 27.5 Å². The van der Waals surface area contributed by atoms with Crippen molar-refractivity contribution in [1.82, 2.24) is 4.90 Å². The van der Waals surface area contributed by atoms with E-state index in [9.17, 15) is 9.90 Å². The zero-order valence-corrected chi connectivity index (χ0v) is 13.4. The Morgan fingerprint density at radius 1 is 1.53 bits per heavy atom. The number of ether oxygens (including phenoxy) is 1. The number of rotatable bonds is 5. The Morgan fingerprint density at radius 2 is 2.16 bits per heavy atom. The number of carbonyl (C=O) groups excluding carboxylic acids is 1. The molecule has 0 spiro atoms. The Morgan fingerprint density at radius 3 is 2.68 bits per heavy atom. The molecule has 4 nitrogen and oxygen atoms in total. The minimum absolute atomic E-state index is 0.192. The topological polar surface area (TPSA) is 49.8 Å². The summed E-state index contributed by atoms with van der Waals surface area (Å²) in [7, 11) is 1.63. The van der Waals surface area contributed by atoms with Crippen LogP contribution < -0.4 is 4.74 Å². The lowest BCUT2D eigenvalue weighted by atomic mass is 10.3. The molecule has 0 aliphatic rings. The maximum Gasteiger partial charge on any atom is 0.263 e. The van der Waals surface area contributed by atoms with Gasteiger partial charge in [0.15, 0.2) is 6.10 Å². The third kappa shape index (κ3) is 5.01. The second kappa shape index (κ2) is 7.12. The highest BCUT2D eigenvalue weighted by molar-refractivity contribution is 9.10. The first-order valence-corrected chi connectivity index (χ1v) is 7.03. The van der Waals surface area contributed by atoms with E-state index in [1.165, 1.54) is 4.90 Å². The maximum atomic E-state index is 12.0. The number of aliphatic hydroxyl groups is 1. The van der Waals surface area contributed by atoms with Crippen LogP contribution in [0.15, 0.2) is 22.7 Å². The summed E-state index contributed by atoms with van der Waals surface area (Å²) in [4.78, 5) is 13.5. The SMILES string of the molecule is CC(O)CN(C)C(=O)C(C)Oc1ccc(Cl)cc1Br. The summed E-state index contributed by atoms with van der Waals surface area (Å²) < 4.78 is 6.28. The summed E-state index contributed by atoms with van der Waals surface area (Å²) in [5.74, 6) is 0.360. The van der Waals surface area contributed by atoms with E-state index in [1.54, 1.807) is 39.1 Å². The van der Waals surface area contributed by atoms with Gasteiger partial charge in [-0.15, -0.1) is 0 Å². The van der Waals surface area contributed by atoms with Gasteiger partial charge in [0.2, 0.25) is 0 Å². The van der Waals surface area contributed by atoms with Crippen LogP contribution in [0.5, 0.6) is 5.75 Å². The van der Waals surface area contributed by atoms with Gasteiger partial charge in [-0.05, 0) is 48.0 Å². The molecule has 0 heterocycles. The van der Waals surface area contributed by atoms with Gasteiger partial charge in [0.05, 0.1) is 10.6 Å². The molecule has 1 aromatic carbocycles. The minimum Gasteiger partial charge on any atom is -0.480 e. The molecule has 1 amide bonds. The Hall–Kier alpha value is -0.780. The van der Waals surface area contributed by atoms with Crippen LogP contribution in [0.3, 0.4) is 0 Å². The van der Waals surface area contributed by atoms with Crippen LogP contribution in [0.4, 0.5) is 0 Å². The first-order valence-electron chi connectivity index (χ1n) is 5.86. The lowest BCUT2D eigenvalue weighted by molar-refractivity contribution is -0.137. The average molecular weight is 351 g/mol. The van der Waals surface area contributed by atoms with E-state index >= 15 is 0 Å². The number of likely N-dealkylation sites (N-methyl/N-ethyl adjacent to an activating group) is 1. The number of hydrogen-bond acceptors (Lipinski definition) is 3. The standard InChI is InChI=1S/C13H17BrClNO3/c1-8(17)7-16(3)13(18)9(2)19-12-5-4-10(15)6-11(12)14/h4-6,8-9,17H,7H2,1-3H3. The molecule has 0 aliphatic carbocycles. The van der Waals surface area contributed by atoms with Crippen LogP contribution in [-0.4, -0.2) is 41.7 Å². The molecule has 19 heavy (non-hydrogen) atoms. The first-order chi connectivity index (χ1) is 8.81. The van der Waals surface area contributed by atoms with E-state index in [2.05, 4.69) is 15.9 Å². The summed E-state index contributed by atoms with van der Waals surface area (Å²) in [6.07, 6.45) is -1.20. The van der Waals surface area contributed by atoms with E-state index in [1.807, 2.05) is 0 Å². The van der Waals surface area contributed by atoms with E-state index in [0.29, 0.717) is 15.2 Å². The monoisotopic (exact) mass is 349 g/mol. The summed E-state index contributed by atoms with van der Waals surface area (Å²) in [5, 5.41) is 9.85. The van der Waals surface area contributed by atoms with E-state index in [4.69, 9.17) is 16.3 Å². The van der Waals surface area contributed by atoms with Gasteiger partial charge in [-0.2, -0.15) is 0 Å². The fourth-order valence-corrected chi connectivity index (χ4v) is 2.38. The average Bonchev–Trinajstić information content (AvgIpc) is 2.30.